The van der Waals surface area contributed by atoms with Crippen LogP contribution in [0.3, 0.4) is 0 Å². The molecule has 0 saturated carbocycles. The zero-order valence-electron chi connectivity index (χ0n) is 13.9. The van der Waals surface area contributed by atoms with Crippen molar-refractivity contribution in [2.75, 3.05) is 6.54 Å². The van der Waals surface area contributed by atoms with E-state index in [1.807, 2.05) is 12.1 Å². The van der Waals surface area contributed by atoms with Crippen LogP contribution in [-0.4, -0.2) is 20.9 Å². The number of nitrogens with one attached hydrogen (secondary N) is 2. The van der Waals surface area contributed by atoms with Crippen LogP contribution in [0.4, 0.5) is 0 Å². The van der Waals surface area contributed by atoms with Crippen molar-refractivity contribution in [3.8, 4) is 0 Å². The van der Waals surface area contributed by atoms with E-state index in [0.717, 1.165) is 19.3 Å². The molecule has 5 nitrogen and oxygen atoms in total. The third kappa shape index (κ3) is 4.68. The topological polar surface area (TPSA) is 75.3 Å². The predicted octanol–water partition coefficient (Wildman–Crippen LogP) is 3.00. The van der Waals surface area contributed by atoms with Gasteiger partial charge in [0.25, 0.3) is 0 Å². The molecule has 0 bridgehead atoms. The number of sulfonamides is 1. The van der Waals surface area contributed by atoms with Gasteiger partial charge in [-0.1, -0.05) is 30.3 Å². The smallest absolute Gasteiger partial charge is 0.250 e. The van der Waals surface area contributed by atoms with E-state index in [4.69, 9.17) is 0 Å². The van der Waals surface area contributed by atoms with Crippen molar-refractivity contribution >= 4 is 27.3 Å². The molecule has 1 aliphatic rings. The molecule has 1 aromatic heterocycles. The van der Waals surface area contributed by atoms with E-state index in [9.17, 15) is 13.2 Å². The molecule has 2 N–H and O–H groups in total. The van der Waals surface area contributed by atoms with Gasteiger partial charge < -0.3 is 5.32 Å². The third-order valence-electron chi connectivity index (χ3n) is 4.34. The number of hydrogen-bond donors (Lipinski definition) is 2. The van der Waals surface area contributed by atoms with Crippen molar-refractivity contribution in [2.45, 2.75) is 42.4 Å². The fraction of sp³-hybridized carbons (Fsp3) is 0.389. The lowest BCUT2D eigenvalue weighted by Gasteiger charge is -2.26. The Kier molecular flexibility index (Phi) is 5.88. The van der Waals surface area contributed by atoms with Crippen LogP contribution in [-0.2, 0) is 21.2 Å². The minimum Gasteiger partial charge on any atom is -0.349 e. The lowest BCUT2D eigenvalue weighted by Crippen LogP contribution is -2.31. The summed E-state index contributed by atoms with van der Waals surface area (Å²) in [5.41, 5.74) is 2.52. The summed E-state index contributed by atoms with van der Waals surface area (Å²) in [6, 6.07) is 11.6. The maximum atomic E-state index is 12.2. The Hall–Kier alpha value is -1.70. The average Bonchev–Trinajstić information content (AvgIpc) is 3.15. The highest BCUT2D eigenvalue weighted by Crippen LogP contribution is 2.29. The van der Waals surface area contributed by atoms with Gasteiger partial charge in [0.2, 0.25) is 15.9 Å². The van der Waals surface area contributed by atoms with Crippen LogP contribution < -0.4 is 10.0 Å². The molecule has 1 heterocycles. The van der Waals surface area contributed by atoms with E-state index in [1.54, 1.807) is 17.5 Å². The Morgan fingerprint density at radius 1 is 1.20 bits per heavy atom. The summed E-state index contributed by atoms with van der Waals surface area (Å²) in [6.07, 6.45) is 3.87. The Morgan fingerprint density at radius 3 is 2.84 bits per heavy atom. The van der Waals surface area contributed by atoms with Crippen LogP contribution in [0.1, 0.15) is 42.9 Å². The first-order chi connectivity index (χ1) is 12.1. The zero-order chi connectivity index (χ0) is 17.7. The van der Waals surface area contributed by atoms with Gasteiger partial charge in [-0.2, -0.15) is 0 Å². The van der Waals surface area contributed by atoms with Crippen LogP contribution in [0.15, 0.2) is 46.0 Å². The fourth-order valence-corrected chi connectivity index (χ4v) is 5.22. The zero-order valence-corrected chi connectivity index (χ0v) is 15.5. The number of thiophene rings is 1. The molecule has 0 fully saturated rings. The third-order valence-corrected chi connectivity index (χ3v) is 7.20. The highest BCUT2D eigenvalue weighted by Gasteiger charge is 2.21. The second kappa shape index (κ2) is 8.12. The molecule has 0 saturated heterocycles. The molecule has 1 aliphatic carbocycles. The van der Waals surface area contributed by atoms with Gasteiger partial charge in [-0.15, -0.1) is 11.3 Å². The first kappa shape index (κ1) is 18.1. The number of aryl methyl sites for hydroxylation is 1. The van der Waals surface area contributed by atoms with E-state index < -0.39 is 10.0 Å². The summed E-state index contributed by atoms with van der Waals surface area (Å²) in [5, 5.41) is 4.81. The van der Waals surface area contributed by atoms with Crippen LogP contribution >= 0.6 is 11.3 Å². The molecule has 0 radical (unpaired) electrons. The summed E-state index contributed by atoms with van der Waals surface area (Å²) >= 11 is 1.18. The second-order valence-corrected chi connectivity index (χ2v) is 9.09. The Bertz CT molecular complexity index is 817. The van der Waals surface area contributed by atoms with Gasteiger partial charge in [0.05, 0.1) is 6.04 Å². The van der Waals surface area contributed by atoms with Gasteiger partial charge in [0.1, 0.15) is 4.21 Å². The monoisotopic (exact) mass is 378 g/mol. The van der Waals surface area contributed by atoms with E-state index in [-0.39, 0.29) is 18.5 Å². The van der Waals surface area contributed by atoms with Crippen LogP contribution in [0.25, 0.3) is 0 Å². The average molecular weight is 379 g/mol. The SMILES string of the molecule is O=C(CCCNS(=O)(=O)c1cccs1)NC1CCCc2ccccc21. The predicted molar refractivity (Wildman–Crippen MR) is 99.0 cm³/mol. The molecule has 2 aromatic rings. The summed E-state index contributed by atoms with van der Waals surface area (Å²) in [7, 11) is -3.45. The van der Waals surface area contributed by atoms with Crippen LogP contribution in [0.5, 0.6) is 0 Å². The quantitative estimate of drug-likeness (QED) is 0.727. The fourth-order valence-electron chi connectivity index (χ4n) is 3.11. The highest BCUT2D eigenvalue weighted by molar-refractivity contribution is 7.91. The number of benzene rings is 1. The first-order valence-corrected chi connectivity index (χ1v) is 10.8. The van der Waals surface area contributed by atoms with Gasteiger partial charge in [0.15, 0.2) is 0 Å². The highest BCUT2D eigenvalue weighted by atomic mass is 32.2. The van der Waals surface area contributed by atoms with Crippen molar-refractivity contribution in [3.05, 3.63) is 52.9 Å². The lowest BCUT2D eigenvalue weighted by atomic mass is 9.87. The molecule has 3 rings (SSSR count). The molecule has 1 amide bonds. The molecular weight excluding hydrogens is 356 g/mol. The van der Waals surface area contributed by atoms with Gasteiger partial charge >= 0.3 is 0 Å². The number of fused-ring (bicyclic) bond motifs is 1. The van der Waals surface area contributed by atoms with E-state index in [0.29, 0.717) is 17.1 Å². The van der Waals surface area contributed by atoms with Crippen molar-refractivity contribution in [1.29, 1.82) is 0 Å². The first-order valence-electron chi connectivity index (χ1n) is 8.46. The van der Waals surface area contributed by atoms with Gasteiger partial charge in [-0.25, -0.2) is 13.1 Å². The normalized spacial score (nSPS) is 17.0. The molecule has 1 atom stereocenters. The summed E-state index contributed by atoms with van der Waals surface area (Å²) in [5.74, 6) is -0.0305. The molecule has 0 spiro atoms. The van der Waals surface area contributed by atoms with Crippen molar-refractivity contribution in [3.63, 3.8) is 0 Å². The molecule has 7 heteroatoms. The minimum absolute atomic E-state index is 0.0305. The van der Waals surface area contributed by atoms with Crippen molar-refractivity contribution in [1.82, 2.24) is 10.0 Å². The largest absolute Gasteiger partial charge is 0.349 e. The molecule has 1 unspecified atom stereocenters. The molecule has 0 aliphatic heterocycles. The van der Waals surface area contributed by atoms with Crippen LogP contribution in [0, 0.1) is 0 Å². The minimum atomic E-state index is -3.45. The summed E-state index contributed by atoms with van der Waals surface area (Å²) < 4.78 is 26.8. The van der Waals surface area contributed by atoms with E-state index in [2.05, 4.69) is 22.2 Å². The number of carbonyl (C=O) groups is 1. The maximum absolute atomic E-state index is 12.2. The van der Waals surface area contributed by atoms with Gasteiger partial charge in [0, 0.05) is 13.0 Å². The second-order valence-electron chi connectivity index (χ2n) is 6.14. The molecular formula is C18H22N2O3S2. The number of carbonyl (C=O) groups excluding carboxylic acids is 1. The number of amides is 1. The molecule has 134 valence electrons. The standard InChI is InChI=1S/C18H22N2O3S2/c21-17(10-4-12-19-25(22,23)18-11-5-13-24-18)20-16-9-3-7-14-6-1-2-8-15(14)16/h1-2,5-6,8,11,13,16,19H,3-4,7,9-10,12H2,(H,20,21). The van der Waals surface area contributed by atoms with Crippen LogP contribution in [0.2, 0.25) is 0 Å². The number of rotatable bonds is 7. The van der Waals surface area contributed by atoms with Crippen molar-refractivity contribution < 1.29 is 13.2 Å². The lowest BCUT2D eigenvalue weighted by molar-refractivity contribution is -0.122. The van der Waals surface area contributed by atoms with Gasteiger partial charge in [-0.05, 0) is 48.3 Å². The van der Waals surface area contributed by atoms with Gasteiger partial charge in [-0.3, -0.25) is 4.79 Å². The number of hydrogen-bond acceptors (Lipinski definition) is 4. The van der Waals surface area contributed by atoms with E-state index >= 15 is 0 Å². The summed E-state index contributed by atoms with van der Waals surface area (Å²) in [4.78, 5) is 12.2. The van der Waals surface area contributed by atoms with Crippen molar-refractivity contribution in [2.24, 2.45) is 0 Å². The maximum Gasteiger partial charge on any atom is 0.250 e. The Labute approximate surface area is 152 Å². The Balaban J connectivity index is 1.45. The summed E-state index contributed by atoms with van der Waals surface area (Å²) in [6.45, 7) is 0.259. The molecule has 1 aromatic carbocycles. The molecule has 25 heavy (non-hydrogen) atoms. The Morgan fingerprint density at radius 2 is 2.04 bits per heavy atom. The van der Waals surface area contributed by atoms with E-state index in [1.165, 1.54) is 22.5 Å².